The Kier molecular flexibility index (Phi) is 3.62. The highest BCUT2D eigenvalue weighted by molar-refractivity contribution is 6.02. The van der Waals surface area contributed by atoms with Gasteiger partial charge in [0.2, 0.25) is 11.8 Å². The van der Waals surface area contributed by atoms with Gasteiger partial charge in [-0.05, 0) is 30.2 Å². The first-order chi connectivity index (χ1) is 8.61. The maximum absolute atomic E-state index is 11.5. The van der Waals surface area contributed by atoms with Gasteiger partial charge in [0.25, 0.3) is 0 Å². The van der Waals surface area contributed by atoms with Crippen molar-refractivity contribution >= 4 is 23.2 Å². The predicted octanol–water partition coefficient (Wildman–Crippen LogP) is 0.916. The highest BCUT2D eigenvalue weighted by Gasteiger charge is 2.23. The minimum absolute atomic E-state index is 0.0108. The Hall–Kier alpha value is -1.88. The lowest BCUT2D eigenvalue weighted by Gasteiger charge is -2.11. The van der Waals surface area contributed by atoms with Crippen LogP contribution in [0.5, 0.6) is 0 Å². The van der Waals surface area contributed by atoms with Crippen molar-refractivity contribution in [2.75, 3.05) is 23.9 Å². The van der Waals surface area contributed by atoms with Gasteiger partial charge in [-0.25, -0.2) is 0 Å². The van der Waals surface area contributed by atoms with E-state index in [1.807, 2.05) is 12.1 Å². The summed E-state index contributed by atoms with van der Waals surface area (Å²) >= 11 is 0. The Morgan fingerprint density at radius 2 is 2.28 bits per heavy atom. The zero-order valence-corrected chi connectivity index (χ0v) is 10.3. The molecule has 0 atom stereocenters. The van der Waals surface area contributed by atoms with E-state index in [1.54, 1.807) is 18.0 Å². The van der Waals surface area contributed by atoms with Gasteiger partial charge in [-0.15, -0.1) is 0 Å². The molecular weight excluding hydrogens is 232 g/mol. The molecule has 18 heavy (non-hydrogen) atoms. The molecule has 0 unspecified atom stereocenters. The summed E-state index contributed by atoms with van der Waals surface area (Å²) in [5, 5.41) is 11.4. The predicted molar refractivity (Wildman–Crippen MR) is 68.5 cm³/mol. The molecule has 1 aliphatic heterocycles. The number of nitrogens with one attached hydrogen (secondary N) is 1. The molecule has 0 saturated carbocycles. The van der Waals surface area contributed by atoms with Crippen molar-refractivity contribution in [1.29, 1.82) is 0 Å². The first kappa shape index (κ1) is 12.6. The number of nitrogens with zero attached hydrogens (tertiary/aromatic N) is 1. The average molecular weight is 248 g/mol. The van der Waals surface area contributed by atoms with E-state index >= 15 is 0 Å². The van der Waals surface area contributed by atoms with Crippen LogP contribution in [0.4, 0.5) is 11.4 Å². The Labute approximate surface area is 105 Å². The van der Waals surface area contributed by atoms with E-state index in [0.717, 1.165) is 11.3 Å². The summed E-state index contributed by atoms with van der Waals surface area (Å²) in [5.74, 6) is -0.0598. The fraction of sp³-hybridized carbons (Fsp3) is 0.385. The van der Waals surface area contributed by atoms with Gasteiger partial charge >= 0.3 is 0 Å². The van der Waals surface area contributed by atoms with Crippen LogP contribution in [0.2, 0.25) is 0 Å². The smallest absolute Gasteiger partial charge is 0.231 e. The van der Waals surface area contributed by atoms with Crippen molar-refractivity contribution < 1.29 is 14.7 Å². The molecule has 0 spiro atoms. The number of aliphatic hydroxyl groups is 1. The van der Waals surface area contributed by atoms with E-state index in [9.17, 15) is 9.59 Å². The monoisotopic (exact) mass is 248 g/mol. The maximum atomic E-state index is 11.5. The zero-order chi connectivity index (χ0) is 13.1. The van der Waals surface area contributed by atoms with Crippen molar-refractivity contribution in [3.05, 3.63) is 23.8 Å². The first-order valence-electron chi connectivity index (χ1n) is 5.92. The van der Waals surface area contributed by atoms with E-state index in [-0.39, 0.29) is 18.4 Å². The third-order valence-electron chi connectivity index (χ3n) is 3.00. The van der Waals surface area contributed by atoms with Crippen LogP contribution >= 0.6 is 0 Å². The van der Waals surface area contributed by atoms with Gasteiger partial charge in [0, 0.05) is 31.5 Å². The van der Waals surface area contributed by atoms with Gasteiger partial charge in [0.1, 0.15) is 0 Å². The number of carbonyl (C=O) groups is 2. The highest BCUT2D eigenvalue weighted by Crippen LogP contribution is 2.29. The van der Waals surface area contributed by atoms with Gasteiger partial charge in [0.05, 0.1) is 6.42 Å². The molecule has 0 fully saturated rings. The molecule has 5 heteroatoms. The molecular formula is C13H16N2O3. The van der Waals surface area contributed by atoms with Crippen molar-refractivity contribution in [2.24, 2.45) is 0 Å². The van der Waals surface area contributed by atoms with E-state index in [0.29, 0.717) is 24.9 Å². The summed E-state index contributed by atoms with van der Waals surface area (Å²) in [6, 6.07) is 5.44. The van der Waals surface area contributed by atoms with Crippen LogP contribution in [0.25, 0.3) is 0 Å². The topological polar surface area (TPSA) is 69.6 Å². The zero-order valence-electron chi connectivity index (χ0n) is 10.3. The summed E-state index contributed by atoms with van der Waals surface area (Å²) in [6.45, 7) is 0.0108. The number of carbonyl (C=O) groups excluding carboxylic acids is 2. The van der Waals surface area contributed by atoms with Crippen LogP contribution in [0, 0.1) is 0 Å². The summed E-state index contributed by atoms with van der Waals surface area (Å²) < 4.78 is 0. The van der Waals surface area contributed by atoms with E-state index in [4.69, 9.17) is 5.11 Å². The minimum Gasteiger partial charge on any atom is -0.396 e. The van der Waals surface area contributed by atoms with Crippen molar-refractivity contribution in [2.45, 2.75) is 19.3 Å². The molecule has 0 saturated heterocycles. The van der Waals surface area contributed by atoms with Gasteiger partial charge in [0.15, 0.2) is 0 Å². The first-order valence-corrected chi connectivity index (χ1v) is 5.92. The fourth-order valence-corrected chi connectivity index (χ4v) is 2.01. The summed E-state index contributed by atoms with van der Waals surface area (Å²) in [5.41, 5.74) is 2.52. The van der Waals surface area contributed by atoms with E-state index in [2.05, 4.69) is 5.32 Å². The SMILES string of the molecule is CN1C(=O)Cc2cc(NC(=O)CCCO)ccc21. The Bertz CT molecular complexity index is 485. The lowest BCUT2D eigenvalue weighted by atomic mass is 10.1. The summed E-state index contributed by atoms with van der Waals surface area (Å²) in [7, 11) is 1.74. The quantitative estimate of drug-likeness (QED) is 0.832. The van der Waals surface area contributed by atoms with Gasteiger partial charge < -0.3 is 15.3 Å². The largest absolute Gasteiger partial charge is 0.396 e. The van der Waals surface area contributed by atoms with Crippen LogP contribution in [0.1, 0.15) is 18.4 Å². The van der Waals surface area contributed by atoms with Gasteiger partial charge in [-0.3, -0.25) is 9.59 Å². The Morgan fingerprint density at radius 1 is 1.50 bits per heavy atom. The molecule has 96 valence electrons. The van der Waals surface area contributed by atoms with Crippen LogP contribution in [0.15, 0.2) is 18.2 Å². The molecule has 1 aliphatic rings. The molecule has 5 nitrogen and oxygen atoms in total. The number of anilines is 2. The van der Waals surface area contributed by atoms with Crippen molar-refractivity contribution in [3.8, 4) is 0 Å². The molecule has 0 bridgehead atoms. The Balaban J connectivity index is 2.07. The highest BCUT2D eigenvalue weighted by atomic mass is 16.3. The molecule has 1 aromatic carbocycles. The van der Waals surface area contributed by atoms with Crippen molar-refractivity contribution in [3.63, 3.8) is 0 Å². The molecule has 0 radical (unpaired) electrons. The van der Waals surface area contributed by atoms with E-state index in [1.165, 1.54) is 0 Å². The standard InChI is InChI=1S/C13H16N2O3/c1-15-11-5-4-10(7-9(11)8-13(15)18)14-12(17)3-2-6-16/h4-5,7,16H,2-3,6,8H2,1H3,(H,14,17). The lowest BCUT2D eigenvalue weighted by molar-refractivity contribution is -0.117. The number of benzene rings is 1. The van der Waals surface area contributed by atoms with Crippen LogP contribution in [-0.2, 0) is 16.0 Å². The van der Waals surface area contributed by atoms with Crippen LogP contribution < -0.4 is 10.2 Å². The number of fused-ring (bicyclic) bond motifs is 1. The minimum atomic E-state index is -0.123. The fourth-order valence-electron chi connectivity index (χ4n) is 2.01. The van der Waals surface area contributed by atoms with Gasteiger partial charge in [-0.1, -0.05) is 0 Å². The molecule has 1 aromatic rings. The van der Waals surface area contributed by atoms with Crippen molar-refractivity contribution in [1.82, 2.24) is 0 Å². The van der Waals surface area contributed by atoms with E-state index < -0.39 is 0 Å². The van der Waals surface area contributed by atoms with Crippen LogP contribution in [0.3, 0.4) is 0 Å². The maximum Gasteiger partial charge on any atom is 0.231 e. The third kappa shape index (κ3) is 2.51. The second-order valence-electron chi connectivity index (χ2n) is 4.35. The molecule has 0 aromatic heterocycles. The number of likely N-dealkylation sites (N-methyl/N-ethyl adjacent to an activating group) is 1. The third-order valence-corrected chi connectivity index (χ3v) is 3.00. The number of rotatable bonds is 4. The normalized spacial score (nSPS) is 13.7. The number of amides is 2. The summed E-state index contributed by atoms with van der Waals surface area (Å²) in [6.07, 6.45) is 1.14. The van der Waals surface area contributed by atoms with Crippen LogP contribution in [-0.4, -0.2) is 30.6 Å². The molecule has 2 N–H and O–H groups in total. The second-order valence-corrected chi connectivity index (χ2v) is 4.35. The second kappa shape index (κ2) is 5.18. The number of hydrogen-bond donors (Lipinski definition) is 2. The Morgan fingerprint density at radius 3 is 3.00 bits per heavy atom. The molecule has 2 amide bonds. The number of hydrogen-bond acceptors (Lipinski definition) is 3. The van der Waals surface area contributed by atoms with Gasteiger partial charge in [-0.2, -0.15) is 0 Å². The number of aliphatic hydroxyl groups excluding tert-OH is 1. The lowest BCUT2D eigenvalue weighted by Crippen LogP contribution is -2.20. The molecule has 0 aliphatic carbocycles. The average Bonchev–Trinajstić information content (AvgIpc) is 2.62. The summed E-state index contributed by atoms with van der Waals surface area (Å²) in [4.78, 5) is 24.6. The molecule has 2 rings (SSSR count). The molecule has 1 heterocycles.